The Balaban J connectivity index is 1.99. The van der Waals surface area contributed by atoms with Gasteiger partial charge in [-0.2, -0.15) is 0 Å². The average Bonchev–Trinajstić information content (AvgIpc) is 2.67. The molecule has 2 aromatic rings. The third-order valence-corrected chi connectivity index (χ3v) is 4.80. The number of hydrogen-bond donors (Lipinski definition) is 2. The Morgan fingerprint density at radius 2 is 1.87 bits per heavy atom. The largest absolute Gasteiger partial charge is 0.325 e. The first-order chi connectivity index (χ1) is 14.1. The number of hydrogen-bond acceptors (Lipinski definition) is 5. The van der Waals surface area contributed by atoms with Gasteiger partial charge in [0.2, 0.25) is 5.91 Å². The number of anilines is 2. The van der Waals surface area contributed by atoms with Crippen molar-refractivity contribution in [3.8, 4) is 0 Å². The maximum absolute atomic E-state index is 13.1. The Hall–Kier alpha value is -3.10. The van der Waals surface area contributed by atoms with Gasteiger partial charge in [-0.25, -0.2) is 0 Å². The molecule has 0 unspecified atom stereocenters. The van der Waals surface area contributed by atoms with E-state index >= 15 is 0 Å². The normalized spacial score (nSPS) is 15.9. The van der Waals surface area contributed by atoms with Crippen LogP contribution in [0.5, 0.6) is 0 Å². The molecule has 1 aromatic heterocycles. The Morgan fingerprint density at radius 3 is 2.50 bits per heavy atom. The zero-order valence-electron chi connectivity index (χ0n) is 16.5. The monoisotopic (exact) mass is 442 g/mol. The van der Waals surface area contributed by atoms with Crippen LogP contribution < -0.4 is 15.5 Å². The molecule has 1 aromatic carbocycles. The summed E-state index contributed by atoms with van der Waals surface area (Å²) in [6, 6.07) is 8.09. The molecule has 1 fully saturated rings. The van der Waals surface area contributed by atoms with Crippen molar-refractivity contribution in [3.05, 3.63) is 58.9 Å². The molecular formula is C21H19ClN4O3S. The Bertz CT molecular complexity index is 1070. The zero-order chi connectivity index (χ0) is 22.1. The molecule has 3 rings (SSSR count). The topological polar surface area (TPSA) is 91.4 Å². The molecule has 2 heterocycles. The van der Waals surface area contributed by atoms with Crippen molar-refractivity contribution in [3.63, 3.8) is 0 Å². The van der Waals surface area contributed by atoms with Crippen LogP contribution in [-0.4, -0.2) is 27.8 Å². The molecule has 0 saturated carbocycles. The number of nitrogens with zero attached hydrogens (tertiary/aromatic N) is 2. The minimum absolute atomic E-state index is 0.0306. The fourth-order valence-electron chi connectivity index (χ4n) is 2.58. The van der Waals surface area contributed by atoms with E-state index < -0.39 is 17.2 Å². The number of carbonyl (C=O) groups excluding carboxylic acids is 3. The van der Waals surface area contributed by atoms with Gasteiger partial charge in [-0.1, -0.05) is 32.4 Å². The molecular weight excluding hydrogens is 424 g/mol. The predicted molar refractivity (Wildman–Crippen MR) is 120 cm³/mol. The summed E-state index contributed by atoms with van der Waals surface area (Å²) in [7, 11) is 0. The highest BCUT2D eigenvalue weighted by Gasteiger charge is 2.34. The average molecular weight is 443 g/mol. The van der Waals surface area contributed by atoms with Crippen LogP contribution in [0.3, 0.4) is 0 Å². The third-order valence-electron chi connectivity index (χ3n) is 4.27. The van der Waals surface area contributed by atoms with Crippen molar-refractivity contribution in [1.29, 1.82) is 0 Å². The molecule has 0 radical (unpaired) electrons. The Morgan fingerprint density at radius 1 is 1.20 bits per heavy atom. The summed E-state index contributed by atoms with van der Waals surface area (Å²) in [5, 5.41) is 5.80. The number of thiocarbonyl (C=S) groups is 1. The van der Waals surface area contributed by atoms with E-state index in [0.717, 1.165) is 0 Å². The summed E-state index contributed by atoms with van der Waals surface area (Å²) in [5.74, 6) is -1.44. The number of carbonyl (C=O) groups is 3. The maximum atomic E-state index is 13.1. The van der Waals surface area contributed by atoms with E-state index in [1.807, 2.05) is 0 Å². The molecule has 1 aliphatic heterocycles. The van der Waals surface area contributed by atoms with Crippen LogP contribution in [0.25, 0.3) is 6.08 Å². The lowest BCUT2D eigenvalue weighted by molar-refractivity contribution is -0.123. The number of rotatable bonds is 3. The summed E-state index contributed by atoms with van der Waals surface area (Å²) in [4.78, 5) is 43.2. The number of nitrogens with one attached hydrogen (secondary N) is 2. The van der Waals surface area contributed by atoms with Crippen LogP contribution in [0.4, 0.5) is 11.4 Å². The number of benzene rings is 1. The Labute approximate surface area is 184 Å². The van der Waals surface area contributed by atoms with Crippen molar-refractivity contribution >= 4 is 64.1 Å². The Kier molecular flexibility index (Phi) is 6.00. The molecule has 0 aliphatic carbocycles. The quantitative estimate of drug-likeness (QED) is 0.431. The summed E-state index contributed by atoms with van der Waals surface area (Å²) >= 11 is 11.1. The van der Waals surface area contributed by atoms with Crippen molar-refractivity contribution in [1.82, 2.24) is 10.3 Å². The standard InChI is InChI=1S/C21H19ClN4O3S/c1-21(2,3)19(29)24-16-8-9-23-11-12(16)10-15-17(27)25-20(30)26(18(15)28)14-6-4-13(22)5-7-14/h4-11H,1-3H3,(H,23,24,29)(H,25,27,30). The highest BCUT2D eigenvalue weighted by Crippen LogP contribution is 2.26. The van der Waals surface area contributed by atoms with E-state index in [1.54, 1.807) is 51.1 Å². The predicted octanol–water partition coefficient (Wildman–Crippen LogP) is 3.55. The van der Waals surface area contributed by atoms with Crippen molar-refractivity contribution in [2.45, 2.75) is 20.8 Å². The van der Waals surface area contributed by atoms with Crippen molar-refractivity contribution < 1.29 is 14.4 Å². The minimum Gasteiger partial charge on any atom is -0.325 e. The molecule has 1 saturated heterocycles. The second-order valence-corrected chi connectivity index (χ2v) is 8.42. The lowest BCUT2D eigenvalue weighted by atomic mass is 9.95. The van der Waals surface area contributed by atoms with Gasteiger partial charge in [0.05, 0.1) is 11.4 Å². The smallest absolute Gasteiger partial charge is 0.270 e. The van der Waals surface area contributed by atoms with Gasteiger partial charge in [-0.05, 0) is 48.6 Å². The van der Waals surface area contributed by atoms with Crippen LogP contribution in [-0.2, 0) is 14.4 Å². The second kappa shape index (κ2) is 8.33. The molecule has 1 aliphatic rings. The molecule has 0 spiro atoms. The molecule has 7 nitrogen and oxygen atoms in total. The van der Waals surface area contributed by atoms with Gasteiger partial charge in [-0.3, -0.25) is 29.6 Å². The van der Waals surface area contributed by atoms with Gasteiger partial charge in [0.15, 0.2) is 5.11 Å². The summed E-state index contributed by atoms with van der Waals surface area (Å²) < 4.78 is 0. The van der Waals surface area contributed by atoms with Crippen LogP contribution in [0.1, 0.15) is 26.3 Å². The number of aromatic nitrogens is 1. The highest BCUT2D eigenvalue weighted by molar-refractivity contribution is 7.80. The summed E-state index contributed by atoms with van der Waals surface area (Å²) in [6.07, 6.45) is 4.36. The van der Waals surface area contributed by atoms with Gasteiger partial charge >= 0.3 is 0 Å². The van der Waals surface area contributed by atoms with Crippen LogP contribution in [0.15, 0.2) is 48.3 Å². The van der Waals surface area contributed by atoms with E-state index in [-0.39, 0.29) is 16.6 Å². The second-order valence-electron chi connectivity index (χ2n) is 7.60. The van der Waals surface area contributed by atoms with Gasteiger partial charge < -0.3 is 5.32 Å². The first-order valence-electron chi connectivity index (χ1n) is 9.00. The molecule has 9 heteroatoms. The number of halogens is 1. The summed E-state index contributed by atoms with van der Waals surface area (Å²) in [5.41, 5.74) is 0.552. The lowest BCUT2D eigenvalue weighted by Gasteiger charge is -2.29. The fraction of sp³-hybridized carbons (Fsp3) is 0.190. The van der Waals surface area contributed by atoms with Gasteiger partial charge in [0, 0.05) is 28.4 Å². The van der Waals surface area contributed by atoms with E-state index in [2.05, 4.69) is 15.6 Å². The van der Waals surface area contributed by atoms with Crippen LogP contribution in [0, 0.1) is 5.41 Å². The van der Waals surface area contributed by atoms with Crippen LogP contribution in [0.2, 0.25) is 5.02 Å². The molecule has 0 bridgehead atoms. The minimum atomic E-state index is -0.632. The van der Waals surface area contributed by atoms with Gasteiger partial charge in [-0.15, -0.1) is 0 Å². The van der Waals surface area contributed by atoms with E-state index in [1.165, 1.54) is 23.4 Å². The van der Waals surface area contributed by atoms with E-state index in [0.29, 0.717) is 22.0 Å². The highest BCUT2D eigenvalue weighted by atomic mass is 35.5. The molecule has 2 N–H and O–H groups in total. The molecule has 0 atom stereocenters. The maximum Gasteiger partial charge on any atom is 0.270 e. The molecule has 154 valence electrons. The SMILES string of the molecule is CC(C)(C)C(=O)Nc1ccncc1C=C1C(=O)NC(=S)N(c2ccc(Cl)cc2)C1=O. The number of pyridine rings is 1. The van der Waals surface area contributed by atoms with Crippen molar-refractivity contribution in [2.24, 2.45) is 5.41 Å². The third kappa shape index (κ3) is 4.55. The first-order valence-corrected chi connectivity index (χ1v) is 9.79. The zero-order valence-corrected chi connectivity index (χ0v) is 18.1. The van der Waals surface area contributed by atoms with Crippen LogP contribution >= 0.6 is 23.8 Å². The van der Waals surface area contributed by atoms with E-state index in [4.69, 9.17) is 23.8 Å². The lowest BCUT2D eigenvalue weighted by Crippen LogP contribution is -2.54. The molecule has 3 amide bonds. The fourth-order valence-corrected chi connectivity index (χ4v) is 2.99. The van der Waals surface area contributed by atoms with Gasteiger partial charge in [0.1, 0.15) is 5.57 Å². The van der Waals surface area contributed by atoms with Crippen molar-refractivity contribution in [2.75, 3.05) is 10.2 Å². The van der Waals surface area contributed by atoms with E-state index in [9.17, 15) is 14.4 Å². The number of amides is 3. The molecule has 30 heavy (non-hydrogen) atoms. The van der Waals surface area contributed by atoms with Gasteiger partial charge in [0.25, 0.3) is 11.8 Å². The first kappa shape index (κ1) is 21.6. The summed E-state index contributed by atoms with van der Waals surface area (Å²) in [6.45, 7) is 5.35.